The van der Waals surface area contributed by atoms with Crippen molar-refractivity contribution in [2.45, 2.75) is 50.6 Å². The molecular formula is C24H27FN4O. The van der Waals surface area contributed by atoms with E-state index in [1.807, 2.05) is 13.0 Å². The molecule has 3 unspecified atom stereocenters. The molecule has 1 amide bonds. The average molecular weight is 407 g/mol. The normalized spacial score (nSPS) is 31.8. The van der Waals surface area contributed by atoms with E-state index in [4.69, 9.17) is 5.73 Å². The van der Waals surface area contributed by atoms with Gasteiger partial charge in [0.25, 0.3) is 0 Å². The molecule has 30 heavy (non-hydrogen) atoms. The molecule has 1 heterocycles. The first-order chi connectivity index (χ1) is 14.3. The van der Waals surface area contributed by atoms with Crippen molar-refractivity contribution < 1.29 is 9.18 Å². The predicted molar refractivity (Wildman–Crippen MR) is 116 cm³/mol. The topological polar surface area (TPSA) is 70.7 Å². The zero-order valence-corrected chi connectivity index (χ0v) is 17.6. The maximum absolute atomic E-state index is 15.0. The van der Waals surface area contributed by atoms with Crippen molar-refractivity contribution >= 4 is 17.6 Å². The van der Waals surface area contributed by atoms with E-state index in [1.54, 1.807) is 13.1 Å². The zero-order valence-electron chi connectivity index (χ0n) is 17.6. The Hall–Kier alpha value is -2.89. The molecular weight excluding hydrogens is 379 g/mol. The van der Waals surface area contributed by atoms with Crippen molar-refractivity contribution in [2.75, 3.05) is 12.4 Å². The summed E-state index contributed by atoms with van der Waals surface area (Å²) in [6, 6.07) is 13.8. The Balaban J connectivity index is 1.50. The van der Waals surface area contributed by atoms with E-state index < -0.39 is 11.0 Å². The number of guanidine groups is 1. The third-order valence-electron chi connectivity index (χ3n) is 7.40. The summed E-state index contributed by atoms with van der Waals surface area (Å²) >= 11 is 0. The van der Waals surface area contributed by atoms with Gasteiger partial charge in [0.15, 0.2) is 5.96 Å². The number of nitrogens with two attached hydrogens (primary N) is 1. The molecule has 2 aliphatic carbocycles. The van der Waals surface area contributed by atoms with Gasteiger partial charge in [-0.1, -0.05) is 31.2 Å². The van der Waals surface area contributed by atoms with Crippen molar-refractivity contribution in [1.29, 1.82) is 0 Å². The van der Waals surface area contributed by atoms with E-state index in [2.05, 4.69) is 41.5 Å². The van der Waals surface area contributed by atoms with E-state index in [1.165, 1.54) is 22.1 Å². The molecule has 0 spiro atoms. The number of benzene rings is 2. The number of fused-ring (bicyclic) bond motifs is 2. The number of aliphatic imine (C=N–C) groups is 1. The summed E-state index contributed by atoms with van der Waals surface area (Å²) in [5, 5.41) is 3.61. The third-order valence-corrected chi connectivity index (χ3v) is 7.40. The molecule has 2 aromatic carbocycles. The number of rotatable bonds is 4. The Morgan fingerprint density at radius 1 is 1.27 bits per heavy atom. The first kappa shape index (κ1) is 19.1. The van der Waals surface area contributed by atoms with E-state index in [9.17, 15) is 9.18 Å². The molecule has 2 aromatic rings. The Labute approximate surface area is 176 Å². The van der Waals surface area contributed by atoms with Gasteiger partial charge in [-0.25, -0.2) is 9.38 Å². The lowest BCUT2D eigenvalue weighted by Gasteiger charge is -2.30. The quantitative estimate of drug-likeness (QED) is 0.797. The van der Waals surface area contributed by atoms with Crippen LogP contribution in [0.1, 0.15) is 61.8 Å². The lowest BCUT2D eigenvalue weighted by Crippen LogP contribution is -2.48. The van der Waals surface area contributed by atoms with Gasteiger partial charge in [0, 0.05) is 18.3 Å². The lowest BCUT2D eigenvalue weighted by molar-refractivity contribution is -0.132. The van der Waals surface area contributed by atoms with Gasteiger partial charge in [0.1, 0.15) is 11.4 Å². The summed E-state index contributed by atoms with van der Waals surface area (Å²) in [6.07, 6.45) is 2.57. The molecule has 4 atom stereocenters. The number of amides is 1. The maximum Gasteiger partial charge on any atom is 0.237 e. The Morgan fingerprint density at radius 3 is 2.73 bits per heavy atom. The van der Waals surface area contributed by atoms with Crippen LogP contribution in [0.2, 0.25) is 0 Å². The number of hydrogen-bond donors (Lipinski definition) is 2. The van der Waals surface area contributed by atoms with Gasteiger partial charge in [0.05, 0.1) is 11.5 Å². The minimum Gasteiger partial charge on any atom is -0.378 e. The number of nitrogens with one attached hydrogen (secondary N) is 1. The van der Waals surface area contributed by atoms with Gasteiger partial charge >= 0.3 is 0 Å². The van der Waals surface area contributed by atoms with Crippen molar-refractivity contribution in [3.8, 4) is 0 Å². The van der Waals surface area contributed by atoms with Crippen LogP contribution in [0.4, 0.5) is 10.1 Å². The highest BCUT2D eigenvalue weighted by Crippen LogP contribution is 2.68. The van der Waals surface area contributed by atoms with Crippen LogP contribution in [0.5, 0.6) is 0 Å². The molecule has 5 rings (SSSR count). The SMILES string of the molecule is CCC1CC(Nc2ccc(F)c([C@]34CC3(C)C(=O)N(C)C(N)=N4)c2)c2ccccc21. The predicted octanol–water partition coefficient (Wildman–Crippen LogP) is 4.27. The average Bonchev–Trinajstić information content (AvgIpc) is 3.21. The Bertz CT molecular complexity index is 1080. The first-order valence-corrected chi connectivity index (χ1v) is 10.6. The van der Waals surface area contributed by atoms with Gasteiger partial charge in [-0.05, 0) is 61.4 Å². The number of carbonyl (C=O) groups excluding carboxylic acids is 1. The van der Waals surface area contributed by atoms with Crippen molar-refractivity contribution in [1.82, 2.24) is 4.90 Å². The molecule has 1 fully saturated rings. The number of nitrogens with zero attached hydrogens (tertiary/aromatic N) is 2. The number of hydrogen-bond acceptors (Lipinski definition) is 4. The summed E-state index contributed by atoms with van der Waals surface area (Å²) in [7, 11) is 1.62. The standard InChI is InChI=1S/C24H27FN4O/c1-4-14-11-20(17-8-6-5-7-16(14)17)27-15-9-10-19(25)18(12-15)24-13-23(24,2)21(30)29(3)22(26)28-24/h5-10,12,14,20,27H,4,11,13H2,1-3H3,(H2,26,28)/t14?,20?,23?,24-/m1/s1. The first-order valence-electron chi connectivity index (χ1n) is 10.6. The van der Waals surface area contributed by atoms with Crippen LogP contribution in [0, 0.1) is 11.2 Å². The van der Waals surface area contributed by atoms with Crippen molar-refractivity contribution in [2.24, 2.45) is 16.1 Å². The highest BCUT2D eigenvalue weighted by atomic mass is 19.1. The van der Waals surface area contributed by atoms with Gasteiger partial charge < -0.3 is 11.1 Å². The summed E-state index contributed by atoms with van der Waals surface area (Å²) in [5.74, 6) is 0.211. The minimum absolute atomic E-state index is 0.108. The molecule has 0 saturated heterocycles. The van der Waals surface area contributed by atoms with E-state index in [0.717, 1.165) is 18.5 Å². The van der Waals surface area contributed by atoms with E-state index in [0.29, 0.717) is 17.9 Å². The fourth-order valence-corrected chi connectivity index (χ4v) is 5.48. The molecule has 0 radical (unpaired) electrons. The second-order valence-electron chi connectivity index (χ2n) is 9.06. The van der Waals surface area contributed by atoms with Crippen LogP contribution >= 0.6 is 0 Å². The van der Waals surface area contributed by atoms with Crippen molar-refractivity contribution in [3.05, 3.63) is 65.0 Å². The Morgan fingerprint density at radius 2 is 2.00 bits per heavy atom. The summed E-state index contributed by atoms with van der Waals surface area (Å²) < 4.78 is 15.0. The molecule has 1 aliphatic heterocycles. The van der Waals surface area contributed by atoms with Gasteiger partial charge in [-0.2, -0.15) is 0 Å². The summed E-state index contributed by atoms with van der Waals surface area (Å²) in [4.78, 5) is 18.7. The van der Waals surface area contributed by atoms with Crippen LogP contribution in [0.25, 0.3) is 0 Å². The molecule has 156 valence electrons. The highest BCUT2D eigenvalue weighted by Gasteiger charge is 2.74. The molecule has 3 N–H and O–H groups in total. The summed E-state index contributed by atoms with van der Waals surface area (Å²) in [5.41, 5.74) is 8.30. The van der Waals surface area contributed by atoms with Crippen LogP contribution in [0.3, 0.4) is 0 Å². The third kappa shape index (κ3) is 2.45. The van der Waals surface area contributed by atoms with Crippen molar-refractivity contribution in [3.63, 3.8) is 0 Å². The van der Waals surface area contributed by atoms with Crippen LogP contribution in [-0.4, -0.2) is 23.8 Å². The molecule has 0 bridgehead atoms. The Kier molecular flexibility index (Phi) is 4.01. The molecule has 3 aliphatic rings. The molecule has 6 heteroatoms. The smallest absolute Gasteiger partial charge is 0.237 e. The summed E-state index contributed by atoms with van der Waals surface area (Å²) in [6.45, 7) is 4.06. The fourth-order valence-electron chi connectivity index (χ4n) is 5.48. The number of carbonyl (C=O) groups is 1. The lowest BCUT2D eigenvalue weighted by atomic mass is 9.91. The van der Waals surface area contributed by atoms with E-state index in [-0.39, 0.29) is 23.7 Å². The van der Waals surface area contributed by atoms with Gasteiger partial charge in [0.2, 0.25) is 5.91 Å². The number of anilines is 1. The minimum atomic E-state index is -0.915. The molecule has 0 aromatic heterocycles. The zero-order chi connectivity index (χ0) is 21.3. The van der Waals surface area contributed by atoms with Crippen LogP contribution in [0.15, 0.2) is 47.5 Å². The van der Waals surface area contributed by atoms with E-state index >= 15 is 0 Å². The van der Waals surface area contributed by atoms with Crippen LogP contribution in [-0.2, 0) is 10.3 Å². The maximum atomic E-state index is 15.0. The van der Waals surface area contributed by atoms with Gasteiger partial charge in [-0.15, -0.1) is 0 Å². The number of halogens is 1. The highest BCUT2D eigenvalue weighted by molar-refractivity contribution is 6.04. The van der Waals surface area contributed by atoms with Crippen LogP contribution < -0.4 is 11.1 Å². The largest absolute Gasteiger partial charge is 0.378 e. The second kappa shape index (κ2) is 6.30. The van der Waals surface area contributed by atoms with Gasteiger partial charge in [-0.3, -0.25) is 9.69 Å². The fraction of sp³-hybridized carbons (Fsp3) is 0.417. The molecule has 1 saturated carbocycles. The monoisotopic (exact) mass is 406 g/mol. The second-order valence-corrected chi connectivity index (χ2v) is 9.06. The molecule has 5 nitrogen and oxygen atoms in total.